The van der Waals surface area contributed by atoms with Crippen LogP contribution in [0.25, 0.3) is 4.96 Å². The lowest BCUT2D eigenvalue weighted by molar-refractivity contribution is 0.0949. The van der Waals surface area contributed by atoms with Crippen molar-refractivity contribution in [1.29, 1.82) is 0 Å². The number of hydrogen-bond donors (Lipinski definition) is 1. The summed E-state index contributed by atoms with van der Waals surface area (Å²) in [7, 11) is 1.60. The lowest BCUT2D eigenvalue weighted by Gasteiger charge is -2.10. The fourth-order valence-corrected chi connectivity index (χ4v) is 4.45. The molecule has 1 N–H and O–H groups in total. The van der Waals surface area contributed by atoms with Crippen LogP contribution in [-0.4, -0.2) is 22.4 Å². The molecule has 2 aromatic heterocycles. The average molecular weight is 369 g/mol. The molecule has 6 nitrogen and oxygen atoms in total. The Balaban J connectivity index is 1.60. The molecule has 26 heavy (non-hydrogen) atoms. The van der Waals surface area contributed by atoms with Gasteiger partial charge in [-0.15, -0.1) is 11.3 Å². The smallest absolute Gasteiger partial charge is 0.271 e. The second kappa shape index (κ2) is 6.92. The van der Waals surface area contributed by atoms with Gasteiger partial charge in [0.25, 0.3) is 11.5 Å². The number of carbonyl (C=O) groups excluding carboxylic acids is 1. The van der Waals surface area contributed by atoms with Crippen LogP contribution < -0.4 is 15.6 Å². The zero-order valence-corrected chi connectivity index (χ0v) is 15.3. The number of carbonyl (C=O) groups is 1. The second-order valence-corrected chi connectivity index (χ2v) is 7.37. The molecule has 0 radical (unpaired) electrons. The summed E-state index contributed by atoms with van der Waals surface area (Å²) in [5, 5.41) is 2.80. The Morgan fingerprint density at radius 1 is 1.35 bits per heavy atom. The third kappa shape index (κ3) is 2.99. The molecule has 1 amide bonds. The standard InChI is InChI=1S/C19H19N3O3S/c1-25-13-6-4-5-12(9-13)10-20-17(23)14-11-21-19-22(18(14)24)15-7-2-3-8-16(15)26-19/h4-6,9,11H,2-3,7-8,10H2,1H3,(H,20,23). The Hall–Kier alpha value is -2.67. The van der Waals surface area contributed by atoms with Gasteiger partial charge in [-0.1, -0.05) is 12.1 Å². The molecule has 3 aromatic rings. The Bertz CT molecular complexity index is 1040. The molecule has 0 unspecified atom stereocenters. The molecule has 4 rings (SSSR count). The van der Waals surface area contributed by atoms with Gasteiger partial charge in [0.2, 0.25) is 0 Å². The van der Waals surface area contributed by atoms with Gasteiger partial charge in [0.1, 0.15) is 11.3 Å². The van der Waals surface area contributed by atoms with Crippen LogP contribution in [-0.2, 0) is 19.4 Å². The number of nitrogens with one attached hydrogen (secondary N) is 1. The number of aromatic nitrogens is 2. The van der Waals surface area contributed by atoms with E-state index in [-0.39, 0.29) is 11.1 Å². The minimum absolute atomic E-state index is 0.0802. The van der Waals surface area contributed by atoms with Crippen LogP contribution in [0.4, 0.5) is 0 Å². The van der Waals surface area contributed by atoms with Crippen LogP contribution in [0.2, 0.25) is 0 Å². The maximum absolute atomic E-state index is 12.9. The highest BCUT2D eigenvalue weighted by Crippen LogP contribution is 2.28. The molecule has 1 aliphatic rings. The summed E-state index contributed by atoms with van der Waals surface area (Å²) >= 11 is 1.55. The number of benzene rings is 1. The predicted octanol–water partition coefficient (Wildman–Crippen LogP) is 2.57. The summed E-state index contributed by atoms with van der Waals surface area (Å²) in [5.41, 5.74) is 1.73. The van der Waals surface area contributed by atoms with Gasteiger partial charge in [-0.05, 0) is 43.4 Å². The number of fused-ring (bicyclic) bond motifs is 3. The number of methoxy groups -OCH3 is 1. The Morgan fingerprint density at radius 3 is 3.04 bits per heavy atom. The number of thiazole rings is 1. The largest absolute Gasteiger partial charge is 0.497 e. The normalized spacial score (nSPS) is 13.4. The summed E-state index contributed by atoms with van der Waals surface area (Å²) < 4.78 is 6.81. The monoisotopic (exact) mass is 369 g/mol. The van der Waals surface area contributed by atoms with Crippen LogP contribution in [0.5, 0.6) is 5.75 Å². The van der Waals surface area contributed by atoms with Crippen molar-refractivity contribution in [2.75, 3.05) is 7.11 Å². The molecule has 0 saturated carbocycles. The Kier molecular flexibility index (Phi) is 4.46. The fraction of sp³-hybridized carbons (Fsp3) is 0.316. The van der Waals surface area contributed by atoms with Gasteiger partial charge in [0, 0.05) is 23.3 Å². The van der Waals surface area contributed by atoms with E-state index in [4.69, 9.17) is 4.74 Å². The molecule has 0 fully saturated rings. The summed E-state index contributed by atoms with van der Waals surface area (Å²) in [6.07, 6.45) is 5.45. The molecule has 1 aliphatic carbocycles. The minimum atomic E-state index is -0.407. The molecular weight excluding hydrogens is 350 g/mol. The topological polar surface area (TPSA) is 72.7 Å². The van der Waals surface area contributed by atoms with E-state index in [1.165, 1.54) is 11.1 Å². The van der Waals surface area contributed by atoms with E-state index in [9.17, 15) is 9.59 Å². The van der Waals surface area contributed by atoms with Crippen molar-refractivity contribution in [1.82, 2.24) is 14.7 Å². The molecule has 0 saturated heterocycles. The van der Waals surface area contributed by atoms with E-state index in [1.54, 1.807) is 22.8 Å². The summed E-state index contributed by atoms with van der Waals surface area (Å²) in [5.74, 6) is 0.320. The lowest BCUT2D eigenvalue weighted by atomic mass is 10.0. The maximum atomic E-state index is 12.9. The van der Waals surface area contributed by atoms with Crippen LogP contribution >= 0.6 is 11.3 Å². The Morgan fingerprint density at radius 2 is 2.19 bits per heavy atom. The molecule has 2 heterocycles. The number of ether oxygens (including phenoxy) is 1. The summed E-state index contributed by atoms with van der Waals surface area (Å²) in [4.78, 5) is 31.6. The van der Waals surface area contributed by atoms with Gasteiger partial charge >= 0.3 is 0 Å². The zero-order valence-electron chi connectivity index (χ0n) is 14.4. The number of amides is 1. The minimum Gasteiger partial charge on any atom is -0.497 e. The first-order chi connectivity index (χ1) is 12.7. The van der Waals surface area contributed by atoms with Gasteiger partial charge in [0.15, 0.2) is 4.96 Å². The molecule has 7 heteroatoms. The van der Waals surface area contributed by atoms with E-state index >= 15 is 0 Å². The van der Waals surface area contributed by atoms with Gasteiger partial charge in [0.05, 0.1) is 7.11 Å². The number of nitrogens with zero attached hydrogens (tertiary/aromatic N) is 2. The molecule has 0 aliphatic heterocycles. The molecule has 0 spiro atoms. The number of rotatable bonds is 4. The number of aryl methyl sites for hydroxylation is 2. The molecule has 0 bridgehead atoms. The lowest BCUT2D eigenvalue weighted by Crippen LogP contribution is -2.31. The van der Waals surface area contributed by atoms with Crippen molar-refractivity contribution >= 4 is 22.2 Å². The van der Waals surface area contributed by atoms with E-state index < -0.39 is 5.91 Å². The third-order valence-electron chi connectivity index (χ3n) is 4.63. The highest BCUT2D eigenvalue weighted by atomic mass is 32.1. The SMILES string of the molecule is COc1cccc(CNC(=O)c2cnc3sc4c(n3c2=O)CCCC4)c1. The zero-order chi connectivity index (χ0) is 18.1. The van der Waals surface area contributed by atoms with Crippen LogP contribution in [0, 0.1) is 0 Å². The van der Waals surface area contributed by atoms with E-state index in [0.29, 0.717) is 11.5 Å². The summed E-state index contributed by atoms with van der Waals surface area (Å²) in [6, 6.07) is 7.45. The highest BCUT2D eigenvalue weighted by Gasteiger charge is 2.21. The number of hydrogen-bond acceptors (Lipinski definition) is 5. The first-order valence-electron chi connectivity index (χ1n) is 8.61. The third-order valence-corrected chi connectivity index (χ3v) is 5.79. The fourth-order valence-electron chi connectivity index (χ4n) is 3.28. The van der Waals surface area contributed by atoms with Crippen molar-refractivity contribution in [3.63, 3.8) is 0 Å². The first-order valence-corrected chi connectivity index (χ1v) is 9.42. The van der Waals surface area contributed by atoms with Gasteiger partial charge in [-0.3, -0.25) is 14.0 Å². The van der Waals surface area contributed by atoms with E-state index in [0.717, 1.165) is 42.7 Å². The molecular formula is C19H19N3O3S. The van der Waals surface area contributed by atoms with Crippen LogP contribution in [0.15, 0.2) is 35.3 Å². The highest BCUT2D eigenvalue weighted by molar-refractivity contribution is 7.17. The quantitative estimate of drug-likeness (QED) is 0.767. The van der Waals surface area contributed by atoms with Crippen LogP contribution in [0.1, 0.15) is 39.3 Å². The second-order valence-electron chi connectivity index (χ2n) is 6.31. The van der Waals surface area contributed by atoms with Crippen molar-refractivity contribution in [2.45, 2.75) is 32.2 Å². The predicted molar refractivity (Wildman–Crippen MR) is 100 cm³/mol. The van der Waals surface area contributed by atoms with Gasteiger partial charge < -0.3 is 10.1 Å². The van der Waals surface area contributed by atoms with Gasteiger partial charge in [-0.2, -0.15) is 0 Å². The molecule has 0 atom stereocenters. The van der Waals surface area contributed by atoms with Gasteiger partial charge in [-0.25, -0.2) is 4.98 Å². The Labute approximate surface area is 154 Å². The first kappa shape index (κ1) is 16.8. The van der Waals surface area contributed by atoms with Crippen molar-refractivity contribution in [3.8, 4) is 5.75 Å². The maximum Gasteiger partial charge on any atom is 0.271 e. The molecule has 134 valence electrons. The average Bonchev–Trinajstić information content (AvgIpc) is 3.06. The van der Waals surface area contributed by atoms with Crippen molar-refractivity contribution < 1.29 is 9.53 Å². The van der Waals surface area contributed by atoms with E-state index in [1.807, 2.05) is 24.3 Å². The molecule has 1 aromatic carbocycles. The van der Waals surface area contributed by atoms with Crippen molar-refractivity contribution in [2.24, 2.45) is 0 Å². The summed E-state index contributed by atoms with van der Waals surface area (Å²) in [6.45, 7) is 0.319. The van der Waals surface area contributed by atoms with Crippen LogP contribution in [0.3, 0.4) is 0 Å². The van der Waals surface area contributed by atoms with E-state index in [2.05, 4.69) is 10.3 Å². The van der Waals surface area contributed by atoms with Crippen molar-refractivity contribution in [3.05, 3.63) is 62.5 Å².